The van der Waals surface area contributed by atoms with Gasteiger partial charge in [0, 0.05) is 10.0 Å². The van der Waals surface area contributed by atoms with Gasteiger partial charge in [-0.1, -0.05) is 29.8 Å². The van der Waals surface area contributed by atoms with Gasteiger partial charge in [0.15, 0.2) is 0 Å². The van der Waals surface area contributed by atoms with Crippen LogP contribution in [0.2, 0.25) is 0 Å². The number of oxazole rings is 1. The number of carbonyl (C=O) groups is 1. The maximum Gasteiger partial charge on any atom is 0.373 e. The van der Waals surface area contributed by atoms with Crippen molar-refractivity contribution in [3.8, 4) is 11.5 Å². The normalized spacial score (nSPS) is 11.0. The quantitative estimate of drug-likeness (QED) is 0.917. The first-order valence-electron chi connectivity index (χ1n) is 5.90. The highest BCUT2D eigenvalue weighted by Crippen LogP contribution is 2.28. The van der Waals surface area contributed by atoms with E-state index in [1.54, 1.807) is 0 Å². The molecule has 0 bridgehead atoms. The smallest absolute Gasteiger partial charge is 0.373 e. The number of benzene rings is 1. The maximum absolute atomic E-state index is 11.2. The molecule has 4 nitrogen and oxygen atoms in total. The monoisotopic (exact) mass is 323 g/mol. The lowest BCUT2D eigenvalue weighted by Gasteiger charge is -2.00. The number of aryl methyl sites for hydroxylation is 1. The van der Waals surface area contributed by atoms with Gasteiger partial charge in [0.1, 0.15) is 0 Å². The van der Waals surface area contributed by atoms with E-state index in [0.29, 0.717) is 11.6 Å². The molecule has 0 unspecified atom stereocenters. The highest BCUT2D eigenvalue weighted by molar-refractivity contribution is 9.10. The zero-order valence-electron chi connectivity index (χ0n) is 10.9. The van der Waals surface area contributed by atoms with Crippen molar-refractivity contribution in [3.63, 3.8) is 0 Å². The van der Waals surface area contributed by atoms with Crippen molar-refractivity contribution in [1.29, 1.82) is 0 Å². The SMILES string of the molecule is Cc1cc(-c2nc(C(C)C)c(C(=O)O)o2)ccc1Br. The number of halogens is 1. The average Bonchev–Trinajstić information content (AvgIpc) is 2.78. The molecule has 100 valence electrons. The van der Waals surface area contributed by atoms with Gasteiger partial charge in [-0.25, -0.2) is 9.78 Å². The van der Waals surface area contributed by atoms with Gasteiger partial charge in [-0.3, -0.25) is 0 Å². The highest BCUT2D eigenvalue weighted by atomic mass is 79.9. The molecule has 0 aliphatic carbocycles. The minimum Gasteiger partial charge on any atom is -0.475 e. The van der Waals surface area contributed by atoms with E-state index in [1.165, 1.54) is 0 Å². The summed E-state index contributed by atoms with van der Waals surface area (Å²) in [5, 5.41) is 9.13. The number of aromatic carboxylic acids is 1. The van der Waals surface area contributed by atoms with Crippen molar-refractivity contribution in [2.45, 2.75) is 26.7 Å². The van der Waals surface area contributed by atoms with E-state index in [-0.39, 0.29) is 11.7 Å². The summed E-state index contributed by atoms with van der Waals surface area (Å²) in [7, 11) is 0. The molecule has 0 radical (unpaired) electrons. The molecule has 2 aromatic rings. The predicted octanol–water partition coefficient (Wildman–Crippen LogP) is 4.23. The largest absolute Gasteiger partial charge is 0.475 e. The Morgan fingerprint density at radius 3 is 2.58 bits per heavy atom. The summed E-state index contributed by atoms with van der Waals surface area (Å²) in [5.41, 5.74) is 2.29. The molecule has 0 atom stereocenters. The van der Waals surface area contributed by atoms with Gasteiger partial charge in [0.2, 0.25) is 11.7 Å². The fourth-order valence-electron chi connectivity index (χ4n) is 1.78. The third-order valence-corrected chi connectivity index (χ3v) is 3.69. The number of hydrogen-bond donors (Lipinski definition) is 1. The first-order chi connectivity index (χ1) is 8.90. The van der Waals surface area contributed by atoms with Gasteiger partial charge < -0.3 is 9.52 Å². The molecule has 0 aliphatic heterocycles. The zero-order chi connectivity index (χ0) is 14.2. The lowest BCUT2D eigenvalue weighted by molar-refractivity contribution is 0.0661. The fourth-order valence-corrected chi connectivity index (χ4v) is 2.02. The topological polar surface area (TPSA) is 63.3 Å². The standard InChI is InChI=1S/C14H14BrNO3/c1-7(2)11-12(14(17)18)19-13(16-11)9-4-5-10(15)8(3)6-9/h4-7H,1-3H3,(H,17,18). The minimum absolute atomic E-state index is 0.000135. The molecule has 1 aromatic heterocycles. The Morgan fingerprint density at radius 1 is 1.42 bits per heavy atom. The van der Waals surface area contributed by atoms with Crippen LogP contribution in [0.3, 0.4) is 0 Å². The van der Waals surface area contributed by atoms with Crippen molar-refractivity contribution in [2.75, 3.05) is 0 Å². The van der Waals surface area contributed by atoms with Crippen LogP contribution in [0.4, 0.5) is 0 Å². The van der Waals surface area contributed by atoms with Crippen LogP contribution in [0.5, 0.6) is 0 Å². The van der Waals surface area contributed by atoms with E-state index in [0.717, 1.165) is 15.6 Å². The summed E-state index contributed by atoms with van der Waals surface area (Å²) in [6, 6.07) is 5.65. The van der Waals surface area contributed by atoms with Gasteiger partial charge in [0.25, 0.3) is 0 Å². The van der Waals surface area contributed by atoms with E-state index in [1.807, 2.05) is 39.0 Å². The third-order valence-electron chi connectivity index (χ3n) is 2.80. The molecule has 0 fully saturated rings. The molecular formula is C14H14BrNO3. The fraction of sp³-hybridized carbons (Fsp3) is 0.286. The van der Waals surface area contributed by atoms with Gasteiger partial charge in [-0.15, -0.1) is 0 Å². The summed E-state index contributed by atoms with van der Waals surface area (Å²) in [6.07, 6.45) is 0. The van der Waals surface area contributed by atoms with Crippen molar-refractivity contribution in [3.05, 3.63) is 39.7 Å². The van der Waals surface area contributed by atoms with E-state index < -0.39 is 5.97 Å². The molecule has 5 heteroatoms. The van der Waals surface area contributed by atoms with Crippen LogP contribution in [0.1, 0.15) is 41.6 Å². The number of hydrogen-bond acceptors (Lipinski definition) is 3. The summed E-state index contributed by atoms with van der Waals surface area (Å²) < 4.78 is 6.38. The number of aromatic nitrogens is 1. The average molecular weight is 324 g/mol. The van der Waals surface area contributed by atoms with Crippen LogP contribution in [-0.2, 0) is 0 Å². The van der Waals surface area contributed by atoms with Crippen molar-refractivity contribution in [2.24, 2.45) is 0 Å². The predicted molar refractivity (Wildman–Crippen MR) is 75.4 cm³/mol. The van der Waals surface area contributed by atoms with E-state index in [9.17, 15) is 4.79 Å². The molecule has 0 aliphatic rings. The second-order valence-corrected chi connectivity index (χ2v) is 5.51. The molecule has 0 amide bonds. The van der Waals surface area contributed by atoms with E-state index in [4.69, 9.17) is 9.52 Å². The van der Waals surface area contributed by atoms with Crippen LogP contribution in [-0.4, -0.2) is 16.1 Å². The minimum atomic E-state index is -1.09. The summed E-state index contributed by atoms with van der Waals surface area (Å²) in [5.74, 6) is -0.821. The molecule has 19 heavy (non-hydrogen) atoms. The third kappa shape index (κ3) is 2.71. The molecule has 1 aromatic carbocycles. The Morgan fingerprint density at radius 2 is 2.11 bits per heavy atom. The Labute approximate surface area is 119 Å². The lowest BCUT2D eigenvalue weighted by atomic mass is 10.1. The summed E-state index contributed by atoms with van der Waals surface area (Å²) in [4.78, 5) is 15.5. The molecular weight excluding hydrogens is 310 g/mol. The Balaban J connectivity index is 2.54. The van der Waals surface area contributed by atoms with Gasteiger partial charge >= 0.3 is 5.97 Å². The van der Waals surface area contributed by atoms with E-state index >= 15 is 0 Å². The number of nitrogens with zero attached hydrogens (tertiary/aromatic N) is 1. The van der Waals surface area contributed by atoms with Gasteiger partial charge in [-0.05, 0) is 36.6 Å². The van der Waals surface area contributed by atoms with Crippen LogP contribution in [0, 0.1) is 6.92 Å². The summed E-state index contributed by atoms with van der Waals surface area (Å²) >= 11 is 3.42. The second-order valence-electron chi connectivity index (χ2n) is 4.66. The molecule has 1 N–H and O–H groups in total. The Kier molecular flexibility index (Phi) is 3.75. The Bertz CT molecular complexity index is 632. The van der Waals surface area contributed by atoms with Gasteiger partial charge in [0.05, 0.1) is 5.69 Å². The van der Waals surface area contributed by atoms with Crippen LogP contribution in [0.25, 0.3) is 11.5 Å². The van der Waals surface area contributed by atoms with Crippen LogP contribution in [0.15, 0.2) is 27.1 Å². The van der Waals surface area contributed by atoms with Crippen LogP contribution >= 0.6 is 15.9 Å². The highest BCUT2D eigenvalue weighted by Gasteiger charge is 2.22. The summed E-state index contributed by atoms with van der Waals surface area (Å²) in [6.45, 7) is 5.74. The first-order valence-corrected chi connectivity index (χ1v) is 6.70. The first kappa shape index (κ1) is 13.8. The lowest BCUT2D eigenvalue weighted by Crippen LogP contribution is -2.01. The van der Waals surface area contributed by atoms with Crippen molar-refractivity contribution in [1.82, 2.24) is 4.98 Å². The van der Waals surface area contributed by atoms with Crippen molar-refractivity contribution < 1.29 is 14.3 Å². The van der Waals surface area contributed by atoms with Gasteiger partial charge in [-0.2, -0.15) is 0 Å². The Hall–Kier alpha value is -1.62. The zero-order valence-corrected chi connectivity index (χ0v) is 12.5. The number of carboxylic acids is 1. The van der Waals surface area contributed by atoms with Crippen molar-refractivity contribution >= 4 is 21.9 Å². The number of carboxylic acid groups (broad SMARTS) is 1. The van der Waals surface area contributed by atoms with E-state index in [2.05, 4.69) is 20.9 Å². The molecule has 1 heterocycles. The second kappa shape index (κ2) is 5.17. The molecule has 0 saturated carbocycles. The van der Waals surface area contributed by atoms with Crippen LogP contribution < -0.4 is 0 Å². The molecule has 0 spiro atoms. The molecule has 2 rings (SSSR count). The number of rotatable bonds is 3. The maximum atomic E-state index is 11.2. The molecule has 0 saturated heterocycles.